The predicted molar refractivity (Wildman–Crippen MR) is 66.8 cm³/mol. The van der Waals surface area contributed by atoms with Crippen LogP contribution in [0.5, 0.6) is 5.75 Å². The summed E-state index contributed by atoms with van der Waals surface area (Å²) in [5.41, 5.74) is 1.22. The van der Waals surface area contributed by atoms with Crippen molar-refractivity contribution in [3.63, 3.8) is 0 Å². The minimum absolute atomic E-state index is 0.301. The fourth-order valence-corrected chi connectivity index (χ4v) is 2.59. The SMILES string of the molecule is c1ccc2c(c1)OCCC2c1nc(C2CC2)n[nH]1. The Balaban J connectivity index is 1.71. The van der Waals surface area contributed by atoms with Crippen molar-refractivity contribution in [1.82, 2.24) is 15.2 Å². The zero-order valence-corrected chi connectivity index (χ0v) is 10.1. The van der Waals surface area contributed by atoms with Crippen LogP contribution in [0.25, 0.3) is 0 Å². The van der Waals surface area contributed by atoms with Crippen LogP contribution in [-0.4, -0.2) is 21.8 Å². The number of hydrogen-bond acceptors (Lipinski definition) is 3. The molecule has 1 atom stereocenters. The third kappa shape index (κ3) is 1.60. The molecule has 1 N–H and O–H groups in total. The Bertz CT molecular complexity index is 574. The van der Waals surface area contributed by atoms with Gasteiger partial charge in [-0.25, -0.2) is 4.98 Å². The summed E-state index contributed by atoms with van der Waals surface area (Å²) in [7, 11) is 0. The monoisotopic (exact) mass is 241 g/mol. The number of fused-ring (bicyclic) bond motifs is 1. The third-order valence-electron chi connectivity index (χ3n) is 3.75. The van der Waals surface area contributed by atoms with E-state index in [0.717, 1.165) is 30.4 Å². The molecule has 1 aliphatic heterocycles. The maximum Gasteiger partial charge on any atom is 0.153 e. The van der Waals surface area contributed by atoms with Crippen LogP contribution in [0.1, 0.15) is 48.3 Å². The first-order valence-corrected chi connectivity index (χ1v) is 6.56. The Kier molecular flexibility index (Phi) is 2.15. The molecule has 1 saturated carbocycles. The van der Waals surface area contributed by atoms with Gasteiger partial charge in [0.15, 0.2) is 5.82 Å². The largest absolute Gasteiger partial charge is 0.493 e. The molecule has 0 amide bonds. The van der Waals surface area contributed by atoms with Crippen LogP contribution in [0.15, 0.2) is 24.3 Å². The van der Waals surface area contributed by atoms with Gasteiger partial charge in [0.2, 0.25) is 0 Å². The van der Waals surface area contributed by atoms with Crippen molar-refractivity contribution in [3.8, 4) is 5.75 Å². The number of rotatable bonds is 2. The summed E-state index contributed by atoms with van der Waals surface area (Å²) < 4.78 is 5.68. The smallest absolute Gasteiger partial charge is 0.153 e. The maximum absolute atomic E-state index is 5.68. The summed E-state index contributed by atoms with van der Waals surface area (Å²) in [5, 5.41) is 7.47. The van der Waals surface area contributed by atoms with Gasteiger partial charge in [0.25, 0.3) is 0 Å². The summed E-state index contributed by atoms with van der Waals surface area (Å²) in [6.07, 6.45) is 3.44. The van der Waals surface area contributed by atoms with Crippen molar-refractivity contribution >= 4 is 0 Å². The molecule has 4 heteroatoms. The van der Waals surface area contributed by atoms with E-state index in [0.29, 0.717) is 11.8 Å². The lowest BCUT2D eigenvalue weighted by Gasteiger charge is -2.23. The first-order valence-electron chi connectivity index (χ1n) is 6.56. The van der Waals surface area contributed by atoms with Crippen LogP contribution in [-0.2, 0) is 0 Å². The highest BCUT2D eigenvalue weighted by Gasteiger charge is 2.30. The number of hydrogen-bond donors (Lipinski definition) is 1. The average molecular weight is 241 g/mol. The van der Waals surface area contributed by atoms with Crippen LogP contribution < -0.4 is 4.74 Å². The summed E-state index contributed by atoms with van der Waals surface area (Å²) in [4.78, 5) is 4.67. The van der Waals surface area contributed by atoms with Gasteiger partial charge >= 0.3 is 0 Å². The van der Waals surface area contributed by atoms with Crippen LogP contribution in [0, 0.1) is 0 Å². The van der Waals surface area contributed by atoms with Gasteiger partial charge in [-0.05, 0) is 25.3 Å². The van der Waals surface area contributed by atoms with Crippen LogP contribution >= 0.6 is 0 Å². The van der Waals surface area contributed by atoms with E-state index in [-0.39, 0.29) is 0 Å². The molecule has 2 aliphatic rings. The highest BCUT2D eigenvalue weighted by Crippen LogP contribution is 2.40. The lowest BCUT2D eigenvalue weighted by atomic mass is 9.92. The van der Waals surface area contributed by atoms with Crippen molar-refractivity contribution in [2.45, 2.75) is 31.1 Å². The number of nitrogens with one attached hydrogen (secondary N) is 1. The Morgan fingerprint density at radius 1 is 1.17 bits per heavy atom. The topological polar surface area (TPSA) is 50.8 Å². The molecule has 2 aromatic rings. The normalized spacial score (nSPS) is 22.3. The second kappa shape index (κ2) is 3.83. The molecule has 1 aromatic heterocycles. The van der Waals surface area contributed by atoms with Crippen molar-refractivity contribution in [2.75, 3.05) is 6.61 Å². The zero-order chi connectivity index (χ0) is 11.9. The van der Waals surface area contributed by atoms with Gasteiger partial charge in [0.05, 0.1) is 12.5 Å². The molecule has 2 heterocycles. The molecule has 4 nitrogen and oxygen atoms in total. The molecule has 0 radical (unpaired) electrons. The predicted octanol–water partition coefficient (Wildman–Crippen LogP) is 2.60. The van der Waals surface area contributed by atoms with E-state index in [1.807, 2.05) is 12.1 Å². The van der Waals surface area contributed by atoms with Crippen molar-refractivity contribution in [1.29, 1.82) is 0 Å². The zero-order valence-electron chi connectivity index (χ0n) is 10.1. The Morgan fingerprint density at radius 3 is 2.94 bits per heavy atom. The summed E-state index contributed by atoms with van der Waals surface area (Å²) >= 11 is 0. The molecule has 1 fully saturated rings. The van der Waals surface area contributed by atoms with E-state index in [2.05, 4.69) is 27.3 Å². The standard InChI is InChI=1S/C14H15N3O/c1-2-4-12-10(3-1)11(7-8-18-12)14-15-13(16-17-14)9-5-6-9/h1-4,9,11H,5-8H2,(H,15,16,17). The first-order chi connectivity index (χ1) is 8.92. The quantitative estimate of drug-likeness (QED) is 0.879. The Hall–Kier alpha value is -1.84. The molecule has 92 valence electrons. The molecule has 0 bridgehead atoms. The lowest BCUT2D eigenvalue weighted by Crippen LogP contribution is -2.16. The van der Waals surface area contributed by atoms with E-state index in [4.69, 9.17) is 4.74 Å². The van der Waals surface area contributed by atoms with E-state index in [1.54, 1.807) is 0 Å². The average Bonchev–Trinajstić information content (AvgIpc) is 3.16. The second-order valence-electron chi connectivity index (χ2n) is 5.08. The van der Waals surface area contributed by atoms with Gasteiger partial charge in [-0.1, -0.05) is 18.2 Å². The molecular formula is C14H15N3O. The number of aromatic amines is 1. The summed E-state index contributed by atoms with van der Waals surface area (Å²) in [6.45, 7) is 0.751. The molecule has 4 rings (SSSR count). The summed E-state index contributed by atoms with van der Waals surface area (Å²) in [5.74, 6) is 3.87. The lowest BCUT2D eigenvalue weighted by molar-refractivity contribution is 0.274. The molecule has 0 spiro atoms. The maximum atomic E-state index is 5.68. The van der Waals surface area contributed by atoms with Gasteiger partial charge in [-0.3, -0.25) is 5.10 Å². The Labute approximate surface area is 105 Å². The van der Waals surface area contributed by atoms with Crippen molar-refractivity contribution in [2.24, 2.45) is 0 Å². The number of ether oxygens (including phenoxy) is 1. The van der Waals surface area contributed by atoms with Gasteiger partial charge < -0.3 is 4.74 Å². The number of para-hydroxylation sites is 1. The number of benzene rings is 1. The Morgan fingerprint density at radius 2 is 2.06 bits per heavy atom. The molecule has 0 saturated heterocycles. The fourth-order valence-electron chi connectivity index (χ4n) is 2.59. The number of H-pyrrole nitrogens is 1. The molecule has 1 aromatic carbocycles. The van der Waals surface area contributed by atoms with E-state index >= 15 is 0 Å². The van der Waals surface area contributed by atoms with Crippen LogP contribution in [0.4, 0.5) is 0 Å². The third-order valence-corrected chi connectivity index (χ3v) is 3.75. The van der Waals surface area contributed by atoms with Gasteiger partial charge in [-0.2, -0.15) is 5.10 Å². The van der Waals surface area contributed by atoms with Crippen LogP contribution in [0.2, 0.25) is 0 Å². The number of nitrogens with zero attached hydrogens (tertiary/aromatic N) is 2. The first kappa shape index (κ1) is 10.1. The van der Waals surface area contributed by atoms with E-state index < -0.39 is 0 Å². The minimum Gasteiger partial charge on any atom is -0.493 e. The molecule has 18 heavy (non-hydrogen) atoms. The van der Waals surface area contributed by atoms with Crippen molar-refractivity contribution < 1.29 is 4.74 Å². The van der Waals surface area contributed by atoms with E-state index in [9.17, 15) is 0 Å². The molecular weight excluding hydrogens is 226 g/mol. The van der Waals surface area contributed by atoms with E-state index in [1.165, 1.54) is 18.4 Å². The van der Waals surface area contributed by atoms with Gasteiger partial charge in [-0.15, -0.1) is 0 Å². The highest BCUT2D eigenvalue weighted by atomic mass is 16.5. The summed E-state index contributed by atoms with van der Waals surface area (Å²) in [6, 6.07) is 8.22. The fraction of sp³-hybridized carbons (Fsp3) is 0.429. The molecule has 1 aliphatic carbocycles. The highest BCUT2D eigenvalue weighted by molar-refractivity contribution is 5.40. The molecule has 1 unspecified atom stereocenters. The van der Waals surface area contributed by atoms with Crippen molar-refractivity contribution in [3.05, 3.63) is 41.5 Å². The number of aromatic nitrogens is 3. The van der Waals surface area contributed by atoms with Crippen LogP contribution in [0.3, 0.4) is 0 Å². The second-order valence-corrected chi connectivity index (χ2v) is 5.08. The minimum atomic E-state index is 0.301. The van der Waals surface area contributed by atoms with Gasteiger partial charge in [0.1, 0.15) is 11.6 Å². The van der Waals surface area contributed by atoms with Gasteiger partial charge in [0, 0.05) is 11.5 Å².